The zero-order valence-corrected chi connectivity index (χ0v) is 8.84. The van der Waals surface area contributed by atoms with Gasteiger partial charge in [-0.3, -0.25) is 0 Å². The first-order valence-electron chi connectivity index (χ1n) is 4.96. The number of hydrogen-bond acceptors (Lipinski definition) is 1. The molecule has 0 aromatic heterocycles. The molecule has 0 bridgehead atoms. The lowest BCUT2D eigenvalue weighted by atomic mass is 10.0. The molecule has 1 aliphatic rings. The molecule has 2 atom stereocenters. The summed E-state index contributed by atoms with van der Waals surface area (Å²) < 4.78 is 13.0. The summed E-state index contributed by atoms with van der Waals surface area (Å²) in [6, 6.07) is 5.51. The van der Waals surface area contributed by atoms with Crippen molar-refractivity contribution in [1.82, 2.24) is 0 Å². The van der Waals surface area contributed by atoms with E-state index in [0.717, 1.165) is 0 Å². The van der Waals surface area contributed by atoms with Crippen LogP contribution in [-0.4, -0.2) is 6.04 Å². The molecule has 0 amide bonds. The van der Waals surface area contributed by atoms with Crippen LogP contribution in [0.4, 0.5) is 4.39 Å². The minimum Gasteiger partial charge on any atom is -0.327 e. The standard InChI is InChI=1S/C12H16FN/c1-7-6-8(4-5-9(7)13)10-11(14)12(10,2)3/h4-6,10-11H,14H2,1-3H3. The molecule has 2 unspecified atom stereocenters. The van der Waals surface area contributed by atoms with E-state index >= 15 is 0 Å². The second kappa shape index (κ2) is 2.80. The van der Waals surface area contributed by atoms with Crippen LogP contribution in [-0.2, 0) is 0 Å². The molecular formula is C12H16FN. The number of aryl methyl sites for hydroxylation is 1. The van der Waals surface area contributed by atoms with Crippen molar-refractivity contribution in [2.24, 2.45) is 11.1 Å². The summed E-state index contributed by atoms with van der Waals surface area (Å²) in [5.41, 5.74) is 8.02. The molecule has 0 radical (unpaired) electrons. The first-order valence-corrected chi connectivity index (χ1v) is 4.96. The number of rotatable bonds is 1. The SMILES string of the molecule is Cc1cc(C2C(N)C2(C)C)ccc1F. The first kappa shape index (κ1) is 9.66. The van der Waals surface area contributed by atoms with Gasteiger partial charge >= 0.3 is 0 Å². The van der Waals surface area contributed by atoms with E-state index in [1.165, 1.54) is 11.6 Å². The van der Waals surface area contributed by atoms with Gasteiger partial charge in [-0.05, 0) is 29.5 Å². The maximum Gasteiger partial charge on any atom is 0.126 e. The molecule has 76 valence electrons. The van der Waals surface area contributed by atoms with Crippen molar-refractivity contribution in [3.63, 3.8) is 0 Å². The number of nitrogens with two attached hydrogens (primary N) is 1. The average Bonchev–Trinajstić information content (AvgIpc) is 2.58. The van der Waals surface area contributed by atoms with E-state index in [0.29, 0.717) is 11.5 Å². The van der Waals surface area contributed by atoms with Crippen LogP contribution in [0.15, 0.2) is 18.2 Å². The highest BCUT2D eigenvalue weighted by molar-refractivity contribution is 5.36. The van der Waals surface area contributed by atoms with Gasteiger partial charge in [0.2, 0.25) is 0 Å². The van der Waals surface area contributed by atoms with Crippen LogP contribution < -0.4 is 5.73 Å². The van der Waals surface area contributed by atoms with Crippen LogP contribution in [0.5, 0.6) is 0 Å². The second-order valence-electron chi connectivity index (χ2n) is 4.83. The topological polar surface area (TPSA) is 26.0 Å². The quantitative estimate of drug-likeness (QED) is 0.729. The average molecular weight is 193 g/mol. The Bertz CT molecular complexity index is 371. The van der Waals surface area contributed by atoms with Crippen LogP contribution >= 0.6 is 0 Å². The Kier molecular flexibility index (Phi) is 1.93. The smallest absolute Gasteiger partial charge is 0.126 e. The molecule has 1 saturated carbocycles. The van der Waals surface area contributed by atoms with Crippen molar-refractivity contribution >= 4 is 0 Å². The molecule has 14 heavy (non-hydrogen) atoms. The molecule has 0 heterocycles. The van der Waals surface area contributed by atoms with Gasteiger partial charge < -0.3 is 5.73 Å². The molecular weight excluding hydrogens is 177 g/mol. The molecule has 2 heteroatoms. The maximum absolute atomic E-state index is 13.0. The van der Waals surface area contributed by atoms with Crippen LogP contribution in [0.1, 0.15) is 30.9 Å². The third-order valence-electron chi connectivity index (χ3n) is 3.45. The minimum atomic E-state index is -0.138. The third-order valence-corrected chi connectivity index (χ3v) is 3.45. The summed E-state index contributed by atoms with van der Waals surface area (Å²) in [4.78, 5) is 0. The van der Waals surface area contributed by atoms with Crippen LogP contribution in [0.3, 0.4) is 0 Å². The summed E-state index contributed by atoms with van der Waals surface area (Å²) in [6.45, 7) is 6.10. The summed E-state index contributed by atoms with van der Waals surface area (Å²) in [6.07, 6.45) is 0. The van der Waals surface area contributed by atoms with Crippen molar-refractivity contribution in [2.75, 3.05) is 0 Å². The van der Waals surface area contributed by atoms with Crippen LogP contribution in [0.2, 0.25) is 0 Å². The van der Waals surface area contributed by atoms with Crippen LogP contribution in [0.25, 0.3) is 0 Å². The molecule has 0 saturated heterocycles. The Morgan fingerprint density at radius 3 is 2.36 bits per heavy atom. The summed E-state index contributed by atoms with van der Waals surface area (Å²) >= 11 is 0. The Hall–Kier alpha value is -0.890. The molecule has 1 aliphatic carbocycles. The van der Waals surface area contributed by atoms with Gasteiger partial charge in [0.1, 0.15) is 5.82 Å². The molecule has 1 aromatic rings. The molecule has 1 fully saturated rings. The normalized spacial score (nSPS) is 28.9. The van der Waals surface area contributed by atoms with Gasteiger partial charge in [0, 0.05) is 12.0 Å². The van der Waals surface area contributed by atoms with Crippen molar-refractivity contribution in [2.45, 2.75) is 32.7 Å². The highest BCUT2D eigenvalue weighted by Gasteiger charge is 2.56. The van der Waals surface area contributed by atoms with E-state index < -0.39 is 0 Å². The van der Waals surface area contributed by atoms with Crippen LogP contribution in [0, 0.1) is 18.2 Å². The summed E-state index contributed by atoms with van der Waals surface area (Å²) in [5, 5.41) is 0. The van der Waals surface area contributed by atoms with E-state index in [9.17, 15) is 4.39 Å². The fourth-order valence-corrected chi connectivity index (χ4v) is 2.18. The van der Waals surface area contributed by atoms with Gasteiger partial charge in [0.05, 0.1) is 0 Å². The van der Waals surface area contributed by atoms with Crippen molar-refractivity contribution < 1.29 is 4.39 Å². The third kappa shape index (κ3) is 1.25. The Labute approximate surface area is 84.1 Å². The number of benzene rings is 1. The molecule has 1 aromatic carbocycles. The minimum absolute atomic E-state index is 0.138. The monoisotopic (exact) mass is 193 g/mol. The van der Waals surface area contributed by atoms with Gasteiger partial charge in [0.25, 0.3) is 0 Å². The van der Waals surface area contributed by atoms with E-state index in [2.05, 4.69) is 13.8 Å². The Balaban J connectivity index is 2.32. The molecule has 0 aliphatic heterocycles. The number of halogens is 1. The van der Waals surface area contributed by atoms with E-state index in [1.807, 2.05) is 12.1 Å². The van der Waals surface area contributed by atoms with Gasteiger partial charge in [-0.1, -0.05) is 26.0 Å². The van der Waals surface area contributed by atoms with E-state index in [1.54, 1.807) is 6.92 Å². The lowest BCUT2D eigenvalue weighted by Gasteiger charge is -2.04. The van der Waals surface area contributed by atoms with Crippen molar-refractivity contribution in [3.8, 4) is 0 Å². The van der Waals surface area contributed by atoms with Gasteiger partial charge in [-0.25, -0.2) is 4.39 Å². The highest BCUT2D eigenvalue weighted by Crippen LogP contribution is 2.57. The van der Waals surface area contributed by atoms with Gasteiger partial charge in [-0.2, -0.15) is 0 Å². The lowest BCUT2D eigenvalue weighted by Crippen LogP contribution is -2.06. The zero-order valence-electron chi connectivity index (χ0n) is 8.84. The van der Waals surface area contributed by atoms with E-state index in [4.69, 9.17) is 5.73 Å². The molecule has 2 N–H and O–H groups in total. The molecule has 0 spiro atoms. The summed E-state index contributed by atoms with van der Waals surface area (Å²) in [5.74, 6) is 0.252. The van der Waals surface area contributed by atoms with Gasteiger partial charge in [0.15, 0.2) is 0 Å². The zero-order chi connectivity index (χ0) is 10.5. The molecule has 2 rings (SSSR count). The number of hydrogen-bond donors (Lipinski definition) is 1. The predicted molar refractivity (Wildman–Crippen MR) is 55.6 cm³/mol. The fraction of sp³-hybridized carbons (Fsp3) is 0.500. The highest BCUT2D eigenvalue weighted by atomic mass is 19.1. The largest absolute Gasteiger partial charge is 0.327 e. The van der Waals surface area contributed by atoms with Crippen molar-refractivity contribution in [3.05, 3.63) is 35.1 Å². The van der Waals surface area contributed by atoms with E-state index in [-0.39, 0.29) is 17.3 Å². The Morgan fingerprint density at radius 2 is 1.93 bits per heavy atom. The Morgan fingerprint density at radius 1 is 1.36 bits per heavy atom. The summed E-state index contributed by atoms with van der Waals surface area (Å²) in [7, 11) is 0. The maximum atomic E-state index is 13.0. The first-order chi connectivity index (χ1) is 6.44. The van der Waals surface area contributed by atoms with Crippen molar-refractivity contribution in [1.29, 1.82) is 0 Å². The molecule has 1 nitrogen and oxygen atoms in total. The fourth-order valence-electron chi connectivity index (χ4n) is 2.18. The second-order valence-corrected chi connectivity index (χ2v) is 4.83. The van der Waals surface area contributed by atoms with Gasteiger partial charge in [-0.15, -0.1) is 0 Å². The predicted octanol–water partition coefficient (Wildman–Crippen LogP) is 2.58. The lowest BCUT2D eigenvalue weighted by molar-refractivity contribution is 0.596.